The second-order valence-electron chi connectivity index (χ2n) is 2.62. The molecule has 0 aromatic heterocycles. The van der Waals surface area contributed by atoms with Crippen molar-refractivity contribution in [3.05, 3.63) is 27.7 Å². The van der Waals surface area contributed by atoms with Crippen molar-refractivity contribution in [3.63, 3.8) is 0 Å². The molecular formula is C8H6BrF3O2. The van der Waals surface area contributed by atoms with Crippen LogP contribution in [0.5, 0.6) is 5.75 Å². The minimum Gasteiger partial charge on any atom is -0.506 e. The summed E-state index contributed by atoms with van der Waals surface area (Å²) in [4.78, 5) is 0. The number of phenols is 1. The van der Waals surface area contributed by atoms with Gasteiger partial charge in [0.1, 0.15) is 5.75 Å². The van der Waals surface area contributed by atoms with Crippen molar-refractivity contribution >= 4 is 15.9 Å². The Morgan fingerprint density at radius 3 is 2.29 bits per heavy atom. The van der Waals surface area contributed by atoms with E-state index in [1.165, 1.54) is 0 Å². The Kier molecular flexibility index (Phi) is 3.06. The van der Waals surface area contributed by atoms with E-state index >= 15 is 0 Å². The first-order valence-corrected chi connectivity index (χ1v) is 4.35. The number of alkyl halides is 3. The molecule has 1 rings (SSSR count). The van der Waals surface area contributed by atoms with Gasteiger partial charge in [0.15, 0.2) is 0 Å². The van der Waals surface area contributed by atoms with E-state index in [2.05, 4.69) is 15.9 Å². The average Bonchev–Trinajstić information content (AvgIpc) is 2.07. The van der Waals surface area contributed by atoms with Gasteiger partial charge >= 0.3 is 6.18 Å². The fraction of sp³-hybridized carbons (Fsp3) is 0.250. The lowest BCUT2D eigenvalue weighted by Crippen LogP contribution is -2.05. The van der Waals surface area contributed by atoms with Crippen LogP contribution >= 0.6 is 15.9 Å². The van der Waals surface area contributed by atoms with Gasteiger partial charge in [0.05, 0.1) is 16.6 Å². The predicted octanol–water partition coefficient (Wildman–Crippen LogP) is 2.67. The number of rotatable bonds is 1. The van der Waals surface area contributed by atoms with Crippen molar-refractivity contribution in [2.24, 2.45) is 0 Å². The molecule has 0 spiro atoms. The van der Waals surface area contributed by atoms with Crippen LogP contribution in [0.2, 0.25) is 0 Å². The second kappa shape index (κ2) is 3.78. The maximum Gasteiger partial charge on any atom is 0.416 e. The van der Waals surface area contributed by atoms with Crippen LogP contribution in [0.15, 0.2) is 16.6 Å². The number of hydrogen-bond donors (Lipinski definition) is 2. The highest BCUT2D eigenvalue weighted by molar-refractivity contribution is 9.10. The fourth-order valence-electron chi connectivity index (χ4n) is 0.940. The smallest absolute Gasteiger partial charge is 0.416 e. The Balaban J connectivity index is 3.30. The number of aliphatic hydroxyl groups excluding tert-OH is 1. The summed E-state index contributed by atoms with van der Waals surface area (Å²) in [6.45, 7) is -0.644. The Hall–Kier alpha value is -0.750. The lowest BCUT2D eigenvalue weighted by atomic mass is 10.1. The van der Waals surface area contributed by atoms with Crippen molar-refractivity contribution in [2.45, 2.75) is 12.8 Å². The van der Waals surface area contributed by atoms with Gasteiger partial charge in [0, 0.05) is 5.56 Å². The van der Waals surface area contributed by atoms with Gasteiger partial charge < -0.3 is 10.2 Å². The SMILES string of the molecule is OCc1cc(C(F)(F)F)cc(Br)c1O. The van der Waals surface area contributed by atoms with Gasteiger partial charge in [0.25, 0.3) is 0 Å². The molecular weight excluding hydrogens is 265 g/mol. The highest BCUT2D eigenvalue weighted by Crippen LogP contribution is 2.36. The first-order valence-electron chi connectivity index (χ1n) is 3.55. The Morgan fingerprint density at radius 1 is 1.29 bits per heavy atom. The number of halogens is 4. The number of aliphatic hydroxyl groups is 1. The van der Waals surface area contributed by atoms with Gasteiger partial charge in [0.2, 0.25) is 0 Å². The maximum absolute atomic E-state index is 12.2. The van der Waals surface area contributed by atoms with Gasteiger partial charge in [-0.2, -0.15) is 13.2 Å². The van der Waals surface area contributed by atoms with Gasteiger partial charge in [-0.25, -0.2) is 0 Å². The molecule has 6 heteroatoms. The quantitative estimate of drug-likeness (QED) is 0.824. The summed E-state index contributed by atoms with van der Waals surface area (Å²) in [5.41, 5.74) is -1.07. The minimum atomic E-state index is -4.49. The molecule has 0 bridgehead atoms. The number of benzene rings is 1. The van der Waals surface area contributed by atoms with E-state index in [9.17, 15) is 18.3 Å². The molecule has 0 unspecified atom stereocenters. The maximum atomic E-state index is 12.2. The third kappa shape index (κ3) is 2.19. The van der Waals surface area contributed by atoms with Crippen molar-refractivity contribution in [3.8, 4) is 5.75 Å². The van der Waals surface area contributed by atoms with E-state index in [1.54, 1.807) is 0 Å². The van der Waals surface area contributed by atoms with Crippen LogP contribution in [0.1, 0.15) is 11.1 Å². The van der Waals surface area contributed by atoms with Gasteiger partial charge in [-0.1, -0.05) is 0 Å². The molecule has 1 aromatic rings. The van der Waals surface area contributed by atoms with Gasteiger partial charge in [-0.15, -0.1) is 0 Å². The van der Waals surface area contributed by atoms with Crippen molar-refractivity contribution < 1.29 is 23.4 Å². The van der Waals surface area contributed by atoms with Crippen LogP contribution in [-0.2, 0) is 12.8 Å². The minimum absolute atomic E-state index is 0.0867. The van der Waals surface area contributed by atoms with Crippen LogP contribution in [0.4, 0.5) is 13.2 Å². The molecule has 0 saturated carbocycles. The van der Waals surface area contributed by atoms with E-state index in [1.807, 2.05) is 0 Å². The van der Waals surface area contributed by atoms with Crippen molar-refractivity contribution in [1.29, 1.82) is 0 Å². The molecule has 0 aliphatic carbocycles. The summed E-state index contributed by atoms with van der Waals surface area (Å²) < 4.78 is 36.6. The predicted molar refractivity (Wildman–Crippen MR) is 46.7 cm³/mol. The fourth-order valence-corrected chi connectivity index (χ4v) is 1.44. The Labute approximate surface area is 86.1 Å². The van der Waals surface area contributed by atoms with E-state index in [0.29, 0.717) is 6.07 Å². The third-order valence-electron chi connectivity index (χ3n) is 1.64. The summed E-state index contributed by atoms with van der Waals surface area (Å²) in [7, 11) is 0. The topological polar surface area (TPSA) is 40.5 Å². The molecule has 0 fully saturated rings. The molecule has 0 aliphatic heterocycles. The highest BCUT2D eigenvalue weighted by atomic mass is 79.9. The van der Waals surface area contributed by atoms with Gasteiger partial charge in [-0.3, -0.25) is 0 Å². The van der Waals surface area contributed by atoms with Crippen LogP contribution in [0, 0.1) is 0 Å². The molecule has 2 N–H and O–H groups in total. The molecule has 78 valence electrons. The summed E-state index contributed by atoms with van der Waals surface area (Å²) in [5.74, 6) is -0.375. The molecule has 0 aliphatic rings. The van der Waals surface area contributed by atoms with Crippen molar-refractivity contribution in [2.75, 3.05) is 0 Å². The van der Waals surface area contributed by atoms with Crippen LogP contribution in [0.3, 0.4) is 0 Å². The summed E-state index contributed by atoms with van der Waals surface area (Å²) in [5, 5.41) is 17.9. The molecule has 0 radical (unpaired) electrons. The van der Waals surface area contributed by atoms with Gasteiger partial charge in [-0.05, 0) is 28.1 Å². The third-order valence-corrected chi connectivity index (χ3v) is 2.24. The summed E-state index contributed by atoms with van der Waals surface area (Å²) in [6.07, 6.45) is -4.49. The lowest BCUT2D eigenvalue weighted by molar-refractivity contribution is -0.137. The molecule has 0 heterocycles. The molecule has 1 aromatic carbocycles. The zero-order valence-corrected chi connectivity index (χ0v) is 8.35. The molecule has 14 heavy (non-hydrogen) atoms. The van der Waals surface area contributed by atoms with Crippen LogP contribution < -0.4 is 0 Å². The Bertz CT molecular complexity index is 349. The highest BCUT2D eigenvalue weighted by Gasteiger charge is 2.31. The normalized spacial score (nSPS) is 11.8. The average molecular weight is 271 g/mol. The Morgan fingerprint density at radius 2 is 1.86 bits per heavy atom. The second-order valence-corrected chi connectivity index (χ2v) is 3.48. The van der Waals surface area contributed by atoms with Crippen LogP contribution in [0.25, 0.3) is 0 Å². The van der Waals surface area contributed by atoms with E-state index < -0.39 is 18.3 Å². The summed E-state index contributed by atoms with van der Waals surface area (Å²) >= 11 is 2.77. The first-order chi connectivity index (χ1) is 6.36. The largest absolute Gasteiger partial charge is 0.506 e. The van der Waals surface area contributed by atoms with E-state index in [-0.39, 0.29) is 15.8 Å². The molecule has 0 amide bonds. The lowest BCUT2D eigenvalue weighted by Gasteiger charge is -2.10. The first kappa shape index (κ1) is 11.3. The van der Waals surface area contributed by atoms with Crippen molar-refractivity contribution in [1.82, 2.24) is 0 Å². The standard InChI is InChI=1S/C8H6BrF3O2/c9-6-2-5(8(10,11)12)1-4(3-13)7(6)14/h1-2,13-14H,3H2. The molecule has 0 saturated heterocycles. The number of aromatic hydroxyl groups is 1. The number of hydrogen-bond acceptors (Lipinski definition) is 2. The summed E-state index contributed by atoms with van der Waals surface area (Å²) in [6, 6.07) is 1.47. The monoisotopic (exact) mass is 270 g/mol. The van der Waals surface area contributed by atoms with E-state index in [0.717, 1.165) is 6.07 Å². The van der Waals surface area contributed by atoms with E-state index in [4.69, 9.17) is 5.11 Å². The zero-order chi connectivity index (χ0) is 10.9. The zero-order valence-electron chi connectivity index (χ0n) is 6.77. The van der Waals surface area contributed by atoms with Crippen LogP contribution in [-0.4, -0.2) is 10.2 Å². The molecule has 0 atom stereocenters. The molecule has 2 nitrogen and oxygen atoms in total.